The highest BCUT2D eigenvalue weighted by Crippen LogP contribution is 1.95. The first-order chi connectivity index (χ1) is 4.41. The molecule has 0 aliphatic rings. The third-order valence-corrected chi connectivity index (χ3v) is 1.57. The van der Waals surface area contributed by atoms with Crippen LogP contribution < -0.4 is 0 Å². The minimum absolute atomic E-state index is 0.732. The number of rotatable bonds is 4. The van der Waals surface area contributed by atoms with E-state index in [9.17, 15) is 0 Å². The van der Waals surface area contributed by atoms with E-state index in [1.165, 1.54) is 0 Å². The maximum atomic E-state index is 5.01. The van der Waals surface area contributed by atoms with Crippen molar-refractivity contribution in [2.75, 3.05) is 18.1 Å². The van der Waals surface area contributed by atoms with Crippen molar-refractivity contribution < 1.29 is 0 Å². The molecule has 0 spiro atoms. The summed E-state index contributed by atoms with van der Waals surface area (Å²) < 4.78 is 0. The van der Waals surface area contributed by atoms with Crippen molar-refractivity contribution in [1.82, 2.24) is 0 Å². The third-order valence-electron chi connectivity index (χ3n) is 0.597. The molecule has 0 unspecified atom stereocenters. The lowest BCUT2D eigenvalue weighted by molar-refractivity contribution is 1.16. The zero-order chi connectivity index (χ0) is 6.95. The highest BCUT2D eigenvalue weighted by molar-refractivity contribution is 7.99. The highest BCUT2D eigenvalue weighted by atomic mass is 32.2. The van der Waals surface area contributed by atoms with E-state index in [1.54, 1.807) is 11.8 Å². The number of thioether (sulfide) groups is 1. The van der Waals surface area contributed by atoms with Gasteiger partial charge in [-0.2, -0.15) is 0 Å². The SMILES string of the molecule is C#CCSCCN=C=S. The van der Waals surface area contributed by atoms with Gasteiger partial charge in [-0.1, -0.05) is 5.92 Å². The Morgan fingerprint density at radius 1 is 1.67 bits per heavy atom. The largest absolute Gasteiger partial charge is 0.232 e. The third kappa shape index (κ3) is 7.71. The van der Waals surface area contributed by atoms with Crippen molar-refractivity contribution in [2.45, 2.75) is 0 Å². The fraction of sp³-hybridized carbons (Fsp3) is 0.500. The summed E-state index contributed by atoms with van der Waals surface area (Å²) in [5.74, 6) is 4.21. The van der Waals surface area contributed by atoms with Gasteiger partial charge in [0.2, 0.25) is 0 Å². The average molecular weight is 157 g/mol. The molecule has 3 heteroatoms. The zero-order valence-electron chi connectivity index (χ0n) is 4.96. The number of aliphatic imine (C=N–C) groups is 1. The van der Waals surface area contributed by atoms with Crippen LogP contribution in [0.25, 0.3) is 0 Å². The fourth-order valence-electron chi connectivity index (χ4n) is 0.287. The average Bonchev–Trinajstić information content (AvgIpc) is 1.89. The summed E-state index contributed by atoms with van der Waals surface area (Å²) in [4.78, 5) is 3.72. The first-order valence-electron chi connectivity index (χ1n) is 2.46. The fourth-order valence-corrected chi connectivity index (χ4v) is 0.861. The Labute approximate surface area is 64.9 Å². The molecule has 1 nitrogen and oxygen atoms in total. The van der Waals surface area contributed by atoms with Gasteiger partial charge in [0.15, 0.2) is 0 Å². The molecule has 0 saturated carbocycles. The Bertz CT molecular complexity index is 142. The van der Waals surface area contributed by atoms with Crippen molar-refractivity contribution in [3.63, 3.8) is 0 Å². The van der Waals surface area contributed by atoms with Crippen LogP contribution in [0.3, 0.4) is 0 Å². The molecule has 0 rings (SSSR count). The molecular formula is C6H7NS2. The molecule has 0 radical (unpaired) electrons. The van der Waals surface area contributed by atoms with Gasteiger partial charge in [-0.15, -0.1) is 18.2 Å². The molecule has 0 bridgehead atoms. The predicted molar refractivity (Wildman–Crippen MR) is 46.1 cm³/mol. The molecule has 0 aliphatic heterocycles. The number of hydrogen-bond donors (Lipinski definition) is 0. The second-order valence-corrected chi connectivity index (χ2v) is 2.52. The number of hydrogen-bond acceptors (Lipinski definition) is 3. The summed E-state index contributed by atoms with van der Waals surface area (Å²) in [6.07, 6.45) is 5.01. The molecular weight excluding hydrogens is 150 g/mol. The van der Waals surface area contributed by atoms with E-state index >= 15 is 0 Å². The second-order valence-electron chi connectivity index (χ2n) is 1.23. The summed E-state index contributed by atoms with van der Waals surface area (Å²) in [7, 11) is 0. The Balaban J connectivity index is 2.93. The lowest BCUT2D eigenvalue weighted by Gasteiger charge is -1.87. The molecule has 0 amide bonds. The first kappa shape index (κ1) is 8.71. The van der Waals surface area contributed by atoms with Crippen LogP contribution in [0, 0.1) is 12.3 Å². The van der Waals surface area contributed by atoms with E-state index < -0.39 is 0 Å². The minimum Gasteiger partial charge on any atom is -0.232 e. The van der Waals surface area contributed by atoms with Gasteiger partial charge in [0.1, 0.15) is 0 Å². The summed E-state index contributed by atoms with van der Waals surface area (Å²) in [5, 5.41) is 2.29. The molecule has 0 aliphatic carbocycles. The molecule has 0 saturated heterocycles. The maximum Gasteiger partial charge on any atom is 0.0585 e. The second kappa shape index (κ2) is 7.71. The van der Waals surface area contributed by atoms with Gasteiger partial charge in [-0.05, 0) is 12.2 Å². The number of nitrogens with zero attached hydrogens (tertiary/aromatic N) is 1. The van der Waals surface area contributed by atoms with Crippen LogP contribution in [-0.2, 0) is 0 Å². The lowest BCUT2D eigenvalue weighted by atomic mass is 10.8. The van der Waals surface area contributed by atoms with Crippen LogP contribution in [0.4, 0.5) is 0 Å². The number of thiocarbonyl (C=S) groups is 1. The molecule has 9 heavy (non-hydrogen) atoms. The van der Waals surface area contributed by atoms with Crippen LogP contribution in [0.15, 0.2) is 4.99 Å². The Hall–Kier alpha value is -0.290. The van der Waals surface area contributed by atoms with E-state index in [4.69, 9.17) is 6.42 Å². The topological polar surface area (TPSA) is 12.4 Å². The van der Waals surface area contributed by atoms with Crippen molar-refractivity contribution in [3.05, 3.63) is 0 Å². The van der Waals surface area contributed by atoms with E-state index in [-0.39, 0.29) is 0 Å². The van der Waals surface area contributed by atoms with Crippen molar-refractivity contribution in [3.8, 4) is 12.3 Å². The molecule has 0 N–H and O–H groups in total. The summed E-state index contributed by atoms with van der Waals surface area (Å²) >= 11 is 6.04. The van der Waals surface area contributed by atoms with Crippen LogP contribution in [0.1, 0.15) is 0 Å². The molecule has 0 atom stereocenters. The lowest BCUT2D eigenvalue weighted by Crippen LogP contribution is -1.84. The molecule has 0 aromatic carbocycles. The van der Waals surface area contributed by atoms with Crippen molar-refractivity contribution >= 4 is 29.1 Å². The van der Waals surface area contributed by atoms with Gasteiger partial charge in [0.05, 0.1) is 17.5 Å². The monoisotopic (exact) mass is 157 g/mol. The Kier molecular flexibility index (Phi) is 7.46. The Morgan fingerprint density at radius 2 is 2.44 bits per heavy atom. The summed E-state index contributed by atoms with van der Waals surface area (Å²) in [6.45, 7) is 0.732. The summed E-state index contributed by atoms with van der Waals surface area (Å²) in [5.41, 5.74) is 0. The number of isothiocyanates is 1. The van der Waals surface area contributed by atoms with Gasteiger partial charge in [-0.3, -0.25) is 0 Å². The van der Waals surface area contributed by atoms with Gasteiger partial charge in [0, 0.05) is 5.75 Å². The van der Waals surface area contributed by atoms with Crippen LogP contribution in [0.2, 0.25) is 0 Å². The maximum absolute atomic E-state index is 5.01. The molecule has 0 aromatic heterocycles. The van der Waals surface area contributed by atoms with Crippen molar-refractivity contribution in [2.24, 2.45) is 4.99 Å². The highest BCUT2D eigenvalue weighted by Gasteiger charge is 1.80. The first-order valence-corrected chi connectivity index (χ1v) is 4.03. The quantitative estimate of drug-likeness (QED) is 0.265. The van der Waals surface area contributed by atoms with Crippen LogP contribution >= 0.6 is 24.0 Å². The minimum atomic E-state index is 0.732. The van der Waals surface area contributed by atoms with Crippen LogP contribution in [-0.4, -0.2) is 23.2 Å². The molecule has 0 fully saturated rings. The molecule has 48 valence electrons. The Morgan fingerprint density at radius 3 is 3.00 bits per heavy atom. The van der Waals surface area contributed by atoms with Gasteiger partial charge >= 0.3 is 0 Å². The number of terminal acetylenes is 1. The normalized spacial score (nSPS) is 7.44. The zero-order valence-corrected chi connectivity index (χ0v) is 6.60. The van der Waals surface area contributed by atoms with Gasteiger partial charge in [-0.25, -0.2) is 4.99 Å². The van der Waals surface area contributed by atoms with Gasteiger partial charge < -0.3 is 0 Å². The van der Waals surface area contributed by atoms with E-state index in [0.29, 0.717) is 0 Å². The standard InChI is InChI=1S/C6H7NS2/c1-2-4-9-5-3-7-6-8/h1H,3-5H2. The van der Waals surface area contributed by atoms with E-state index in [1.807, 2.05) is 0 Å². The summed E-state index contributed by atoms with van der Waals surface area (Å²) in [6, 6.07) is 0. The van der Waals surface area contributed by atoms with E-state index in [2.05, 4.69) is 28.3 Å². The van der Waals surface area contributed by atoms with Crippen molar-refractivity contribution in [1.29, 1.82) is 0 Å². The van der Waals surface area contributed by atoms with Gasteiger partial charge in [0.25, 0.3) is 0 Å². The van der Waals surface area contributed by atoms with Crippen LogP contribution in [0.5, 0.6) is 0 Å². The smallest absolute Gasteiger partial charge is 0.0585 e. The van der Waals surface area contributed by atoms with E-state index in [0.717, 1.165) is 18.1 Å². The molecule has 0 heterocycles. The predicted octanol–water partition coefficient (Wildman–Crippen LogP) is 1.46. The molecule has 0 aromatic rings.